The number of hydrogen-bond acceptors (Lipinski definition) is 3. The number of aryl methyl sites for hydroxylation is 1. The molecule has 0 aliphatic carbocycles. The van der Waals surface area contributed by atoms with E-state index in [-0.39, 0.29) is 0 Å². The van der Waals surface area contributed by atoms with Gasteiger partial charge in [-0.3, -0.25) is 0 Å². The second-order valence-electron chi connectivity index (χ2n) is 2.50. The van der Waals surface area contributed by atoms with E-state index in [9.17, 15) is 0 Å². The molecular weight excluding hydrogens is 168 g/mol. The van der Waals surface area contributed by atoms with Gasteiger partial charge in [-0.25, -0.2) is 9.97 Å². The van der Waals surface area contributed by atoms with Gasteiger partial charge in [-0.1, -0.05) is 13.8 Å². The molecule has 12 heavy (non-hydrogen) atoms. The van der Waals surface area contributed by atoms with Crippen LogP contribution in [-0.4, -0.2) is 15.7 Å². The van der Waals surface area contributed by atoms with Crippen molar-refractivity contribution in [2.45, 2.75) is 26.0 Å². The Balaban J connectivity index is 2.53. The van der Waals surface area contributed by atoms with Crippen molar-refractivity contribution in [3.63, 3.8) is 0 Å². The predicted octanol–water partition coefficient (Wildman–Crippen LogP) is 2.29. The largest absolute Gasteiger partial charge is 0.240 e. The fourth-order valence-corrected chi connectivity index (χ4v) is 1.37. The topological polar surface area (TPSA) is 25.8 Å². The van der Waals surface area contributed by atoms with Crippen LogP contribution < -0.4 is 0 Å². The predicted molar refractivity (Wildman–Crippen MR) is 53.2 cm³/mol. The molecule has 2 nitrogen and oxygen atoms in total. The molecule has 0 spiro atoms. The van der Waals surface area contributed by atoms with Gasteiger partial charge >= 0.3 is 0 Å². The summed E-state index contributed by atoms with van der Waals surface area (Å²) in [7, 11) is 0. The van der Waals surface area contributed by atoms with Gasteiger partial charge in [0.05, 0.1) is 5.75 Å². The molecule has 0 saturated heterocycles. The number of aromatic nitrogens is 2. The highest BCUT2D eigenvalue weighted by Crippen LogP contribution is 2.06. The first-order chi connectivity index (χ1) is 5.86. The number of hydrogen-bond donors (Lipinski definition) is 0. The average molecular weight is 182 g/mol. The van der Waals surface area contributed by atoms with Crippen molar-refractivity contribution >= 4 is 11.8 Å². The first-order valence-corrected chi connectivity index (χ1v) is 5.39. The van der Waals surface area contributed by atoms with Gasteiger partial charge in [-0.05, 0) is 17.7 Å². The standard InChI is InChI=1S/C9H14N2S/c1-3-8-5-10-9(11-6-8)7-12-4-2/h5-6H,3-4,7H2,1-2H3. The normalized spacial score (nSPS) is 10.2. The molecule has 1 heterocycles. The van der Waals surface area contributed by atoms with E-state index in [0.29, 0.717) is 0 Å². The Morgan fingerprint density at radius 2 is 1.92 bits per heavy atom. The summed E-state index contributed by atoms with van der Waals surface area (Å²) in [5.74, 6) is 3.00. The summed E-state index contributed by atoms with van der Waals surface area (Å²) >= 11 is 1.85. The maximum absolute atomic E-state index is 4.26. The van der Waals surface area contributed by atoms with E-state index in [1.165, 1.54) is 5.56 Å². The van der Waals surface area contributed by atoms with E-state index in [2.05, 4.69) is 23.8 Å². The summed E-state index contributed by atoms with van der Waals surface area (Å²) in [4.78, 5) is 8.51. The SMILES string of the molecule is CCSCc1ncc(CC)cn1. The summed E-state index contributed by atoms with van der Waals surface area (Å²) in [5.41, 5.74) is 1.21. The highest BCUT2D eigenvalue weighted by Gasteiger charge is 1.95. The van der Waals surface area contributed by atoms with Gasteiger partial charge in [0, 0.05) is 12.4 Å². The molecule has 0 aromatic carbocycles. The van der Waals surface area contributed by atoms with Crippen LogP contribution in [0.4, 0.5) is 0 Å². The molecule has 0 radical (unpaired) electrons. The highest BCUT2D eigenvalue weighted by molar-refractivity contribution is 7.98. The molecule has 0 aliphatic rings. The van der Waals surface area contributed by atoms with Crippen LogP contribution in [0.1, 0.15) is 25.2 Å². The third kappa shape index (κ3) is 2.81. The molecule has 0 atom stereocenters. The van der Waals surface area contributed by atoms with Gasteiger partial charge in [0.1, 0.15) is 5.82 Å². The Morgan fingerprint density at radius 1 is 1.25 bits per heavy atom. The molecule has 0 fully saturated rings. The quantitative estimate of drug-likeness (QED) is 0.714. The number of rotatable bonds is 4. The second-order valence-corrected chi connectivity index (χ2v) is 3.77. The van der Waals surface area contributed by atoms with Crippen molar-refractivity contribution in [2.24, 2.45) is 0 Å². The Bertz CT molecular complexity index is 220. The Morgan fingerprint density at radius 3 is 2.42 bits per heavy atom. The van der Waals surface area contributed by atoms with Crippen LogP contribution in [0.5, 0.6) is 0 Å². The molecule has 3 heteroatoms. The molecule has 0 aliphatic heterocycles. The van der Waals surface area contributed by atoms with E-state index in [4.69, 9.17) is 0 Å². The summed E-state index contributed by atoms with van der Waals surface area (Å²) in [6.07, 6.45) is 4.85. The van der Waals surface area contributed by atoms with Crippen molar-refractivity contribution in [3.05, 3.63) is 23.8 Å². The molecule has 66 valence electrons. The lowest BCUT2D eigenvalue weighted by Gasteiger charge is -1.98. The average Bonchev–Trinajstić information content (AvgIpc) is 2.15. The molecule has 1 aromatic heterocycles. The summed E-state index contributed by atoms with van der Waals surface area (Å²) in [5, 5.41) is 0. The zero-order valence-electron chi connectivity index (χ0n) is 7.58. The molecule has 0 bridgehead atoms. The van der Waals surface area contributed by atoms with Crippen molar-refractivity contribution < 1.29 is 0 Å². The molecule has 1 rings (SSSR count). The van der Waals surface area contributed by atoms with Gasteiger partial charge in [-0.15, -0.1) is 0 Å². The van der Waals surface area contributed by atoms with Crippen molar-refractivity contribution in [1.82, 2.24) is 9.97 Å². The fourth-order valence-electron chi connectivity index (χ4n) is 0.832. The smallest absolute Gasteiger partial charge is 0.138 e. The minimum atomic E-state index is 0.931. The Kier molecular flexibility index (Phi) is 4.08. The summed E-state index contributed by atoms with van der Waals surface area (Å²) < 4.78 is 0. The zero-order chi connectivity index (χ0) is 8.81. The van der Waals surface area contributed by atoms with E-state index in [1.807, 2.05) is 24.2 Å². The zero-order valence-corrected chi connectivity index (χ0v) is 8.40. The summed E-state index contributed by atoms with van der Waals surface area (Å²) in [6, 6.07) is 0. The van der Waals surface area contributed by atoms with Crippen LogP contribution in [0.25, 0.3) is 0 Å². The van der Waals surface area contributed by atoms with Crippen molar-refractivity contribution in [1.29, 1.82) is 0 Å². The van der Waals surface area contributed by atoms with E-state index >= 15 is 0 Å². The van der Waals surface area contributed by atoms with Crippen LogP contribution in [0, 0.1) is 0 Å². The lowest BCUT2D eigenvalue weighted by Crippen LogP contribution is -1.93. The first kappa shape index (κ1) is 9.52. The lowest BCUT2D eigenvalue weighted by molar-refractivity contribution is 0.978. The monoisotopic (exact) mass is 182 g/mol. The van der Waals surface area contributed by atoms with Gasteiger partial charge in [0.25, 0.3) is 0 Å². The minimum absolute atomic E-state index is 0.931. The number of thioether (sulfide) groups is 1. The van der Waals surface area contributed by atoms with E-state index in [0.717, 1.165) is 23.8 Å². The van der Waals surface area contributed by atoms with Crippen LogP contribution in [-0.2, 0) is 12.2 Å². The molecule has 1 aromatic rings. The van der Waals surface area contributed by atoms with Crippen molar-refractivity contribution in [3.8, 4) is 0 Å². The van der Waals surface area contributed by atoms with Gasteiger partial charge in [0.2, 0.25) is 0 Å². The molecule has 0 N–H and O–H groups in total. The van der Waals surface area contributed by atoms with Gasteiger partial charge < -0.3 is 0 Å². The van der Waals surface area contributed by atoms with E-state index < -0.39 is 0 Å². The fraction of sp³-hybridized carbons (Fsp3) is 0.556. The maximum atomic E-state index is 4.26. The van der Waals surface area contributed by atoms with Crippen LogP contribution in [0.3, 0.4) is 0 Å². The number of nitrogens with zero attached hydrogens (tertiary/aromatic N) is 2. The summed E-state index contributed by atoms with van der Waals surface area (Å²) in [6.45, 7) is 4.25. The molecule has 0 saturated carbocycles. The Hall–Kier alpha value is -0.570. The molecular formula is C9H14N2S. The van der Waals surface area contributed by atoms with Gasteiger partial charge in [0.15, 0.2) is 0 Å². The Labute approximate surface area is 77.8 Å². The van der Waals surface area contributed by atoms with E-state index in [1.54, 1.807) is 0 Å². The third-order valence-electron chi connectivity index (χ3n) is 1.60. The molecule has 0 unspecified atom stereocenters. The maximum Gasteiger partial charge on any atom is 0.138 e. The first-order valence-electron chi connectivity index (χ1n) is 4.24. The molecule has 0 amide bonds. The van der Waals surface area contributed by atoms with Crippen molar-refractivity contribution in [2.75, 3.05) is 5.75 Å². The lowest BCUT2D eigenvalue weighted by atomic mass is 10.3. The van der Waals surface area contributed by atoms with Gasteiger partial charge in [-0.2, -0.15) is 11.8 Å². The van der Waals surface area contributed by atoms with Crippen LogP contribution >= 0.6 is 11.8 Å². The van der Waals surface area contributed by atoms with Crippen LogP contribution in [0.2, 0.25) is 0 Å². The second kappa shape index (κ2) is 5.14. The third-order valence-corrected chi connectivity index (χ3v) is 2.47. The van der Waals surface area contributed by atoms with Crippen LogP contribution in [0.15, 0.2) is 12.4 Å². The highest BCUT2D eigenvalue weighted by atomic mass is 32.2. The minimum Gasteiger partial charge on any atom is -0.240 e.